The molecule has 0 aliphatic rings. The summed E-state index contributed by atoms with van der Waals surface area (Å²) >= 11 is 0. The third-order valence-electron chi connectivity index (χ3n) is 4.78. The monoisotopic (exact) mass is 378 g/mol. The zero-order valence-electron chi connectivity index (χ0n) is 16.0. The quantitative estimate of drug-likeness (QED) is 0.534. The molecule has 0 bridgehead atoms. The van der Waals surface area contributed by atoms with Crippen molar-refractivity contribution in [1.29, 1.82) is 0 Å². The van der Waals surface area contributed by atoms with Crippen molar-refractivity contribution in [2.24, 2.45) is 0 Å². The SMILES string of the molecule is C=CCN(Cc1cccn1Cc1ccccc1F)C[C@H](O)Cc1ccccc1. The van der Waals surface area contributed by atoms with Gasteiger partial charge in [-0.05, 0) is 30.2 Å². The summed E-state index contributed by atoms with van der Waals surface area (Å²) in [7, 11) is 0. The van der Waals surface area contributed by atoms with Crippen molar-refractivity contribution in [2.75, 3.05) is 13.1 Å². The molecule has 1 atom stereocenters. The van der Waals surface area contributed by atoms with Crippen molar-refractivity contribution >= 4 is 0 Å². The fourth-order valence-electron chi connectivity index (χ4n) is 3.42. The van der Waals surface area contributed by atoms with Crippen LogP contribution in [0.25, 0.3) is 0 Å². The first-order valence-corrected chi connectivity index (χ1v) is 9.58. The standard InChI is InChI=1S/C24H27FN2O/c1-2-14-26(19-23(28)16-20-9-4-3-5-10-20)18-22-12-8-15-27(22)17-21-11-6-7-13-24(21)25/h2-13,15,23,28H,1,14,16-19H2/t23-/m1/s1. The van der Waals surface area contributed by atoms with Gasteiger partial charge >= 0.3 is 0 Å². The van der Waals surface area contributed by atoms with Gasteiger partial charge in [0, 0.05) is 37.1 Å². The number of nitrogens with zero attached hydrogens (tertiary/aromatic N) is 2. The molecular formula is C24H27FN2O. The summed E-state index contributed by atoms with van der Waals surface area (Å²) < 4.78 is 16.1. The van der Waals surface area contributed by atoms with E-state index >= 15 is 0 Å². The van der Waals surface area contributed by atoms with E-state index in [1.165, 1.54) is 6.07 Å². The van der Waals surface area contributed by atoms with Crippen molar-refractivity contribution in [3.05, 3.63) is 108 Å². The molecule has 0 aliphatic heterocycles. The lowest BCUT2D eigenvalue weighted by Gasteiger charge is -2.24. The summed E-state index contributed by atoms with van der Waals surface area (Å²) in [6, 6.07) is 20.9. The van der Waals surface area contributed by atoms with Crippen LogP contribution < -0.4 is 0 Å². The average molecular weight is 378 g/mol. The number of aromatic nitrogens is 1. The molecule has 0 radical (unpaired) electrons. The van der Waals surface area contributed by atoms with Gasteiger partial charge in [-0.15, -0.1) is 6.58 Å². The lowest BCUT2D eigenvalue weighted by Crippen LogP contribution is -2.34. The van der Waals surface area contributed by atoms with E-state index in [9.17, 15) is 9.50 Å². The Morgan fingerprint density at radius 2 is 1.79 bits per heavy atom. The van der Waals surface area contributed by atoms with Gasteiger partial charge in [0.15, 0.2) is 0 Å². The van der Waals surface area contributed by atoms with Gasteiger partial charge in [0.25, 0.3) is 0 Å². The molecule has 3 nitrogen and oxygen atoms in total. The van der Waals surface area contributed by atoms with Crippen molar-refractivity contribution in [3.63, 3.8) is 0 Å². The first-order chi connectivity index (χ1) is 13.7. The molecule has 1 N–H and O–H groups in total. The van der Waals surface area contributed by atoms with E-state index in [-0.39, 0.29) is 5.82 Å². The van der Waals surface area contributed by atoms with Crippen LogP contribution in [0.15, 0.2) is 85.6 Å². The van der Waals surface area contributed by atoms with Crippen LogP contribution in [0.4, 0.5) is 4.39 Å². The molecule has 0 aliphatic carbocycles. The Kier molecular flexibility index (Phi) is 7.18. The minimum absolute atomic E-state index is 0.191. The maximum atomic E-state index is 14.0. The van der Waals surface area contributed by atoms with Crippen molar-refractivity contribution in [1.82, 2.24) is 9.47 Å². The van der Waals surface area contributed by atoms with Crippen LogP contribution in [0.5, 0.6) is 0 Å². The van der Waals surface area contributed by atoms with Gasteiger partial charge < -0.3 is 9.67 Å². The Morgan fingerprint density at radius 1 is 1.04 bits per heavy atom. The first-order valence-electron chi connectivity index (χ1n) is 9.58. The van der Waals surface area contributed by atoms with E-state index < -0.39 is 6.10 Å². The van der Waals surface area contributed by atoms with E-state index in [1.54, 1.807) is 6.07 Å². The number of hydrogen-bond donors (Lipinski definition) is 1. The normalized spacial score (nSPS) is 12.2. The van der Waals surface area contributed by atoms with E-state index in [4.69, 9.17) is 0 Å². The molecule has 146 valence electrons. The molecule has 0 fully saturated rings. The number of halogens is 1. The van der Waals surface area contributed by atoms with Gasteiger partial charge in [-0.3, -0.25) is 4.90 Å². The molecule has 1 heterocycles. The molecule has 1 aromatic heterocycles. The highest BCUT2D eigenvalue weighted by molar-refractivity contribution is 5.20. The topological polar surface area (TPSA) is 28.4 Å². The average Bonchev–Trinajstić information content (AvgIpc) is 3.11. The summed E-state index contributed by atoms with van der Waals surface area (Å²) in [6.07, 6.45) is 3.97. The molecule has 0 amide bonds. The molecule has 2 aromatic carbocycles. The third kappa shape index (κ3) is 5.65. The highest BCUT2D eigenvalue weighted by atomic mass is 19.1. The van der Waals surface area contributed by atoms with Crippen LogP contribution in [0.1, 0.15) is 16.8 Å². The molecule has 0 spiro atoms. The second-order valence-electron chi connectivity index (χ2n) is 7.05. The second kappa shape index (κ2) is 10.0. The summed E-state index contributed by atoms with van der Waals surface area (Å²) in [5, 5.41) is 10.5. The minimum Gasteiger partial charge on any atom is -0.391 e. The lowest BCUT2D eigenvalue weighted by molar-refractivity contribution is 0.114. The Hall–Kier alpha value is -2.69. The van der Waals surface area contributed by atoms with Gasteiger partial charge in [0.1, 0.15) is 5.82 Å². The van der Waals surface area contributed by atoms with Crippen molar-refractivity contribution in [3.8, 4) is 0 Å². The highest BCUT2D eigenvalue weighted by Gasteiger charge is 2.14. The smallest absolute Gasteiger partial charge is 0.128 e. The molecule has 3 aromatic rings. The number of rotatable bonds is 10. The number of aliphatic hydroxyl groups excluding tert-OH is 1. The molecule has 3 rings (SSSR count). The van der Waals surface area contributed by atoms with Gasteiger partial charge in [0.05, 0.1) is 12.6 Å². The second-order valence-corrected chi connectivity index (χ2v) is 7.05. The molecule has 0 unspecified atom stereocenters. The van der Waals surface area contributed by atoms with Crippen LogP contribution >= 0.6 is 0 Å². The third-order valence-corrected chi connectivity index (χ3v) is 4.78. The number of aliphatic hydroxyl groups is 1. The van der Waals surface area contributed by atoms with Crippen LogP contribution in [0, 0.1) is 5.82 Å². The van der Waals surface area contributed by atoms with Gasteiger partial charge in [-0.25, -0.2) is 4.39 Å². The van der Waals surface area contributed by atoms with E-state index in [0.717, 1.165) is 11.3 Å². The van der Waals surface area contributed by atoms with Crippen LogP contribution in [0.2, 0.25) is 0 Å². The van der Waals surface area contributed by atoms with Crippen LogP contribution in [-0.2, 0) is 19.5 Å². The first kappa shape index (κ1) is 20.1. The van der Waals surface area contributed by atoms with E-state index in [2.05, 4.69) is 16.0 Å². The Labute approximate surface area is 166 Å². The van der Waals surface area contributed by atoms with Gasteiger partial charge in [-0.1, -0.05) is 54.6 Å². The highest BCUT2D eigenvalue weighted by Crippen LogP contribution is 2.14. The summed E-state index contributed by atoms with van der Waals surface area (Å²) in [5.74, 6) is -0.191. The summed E-state index contributed by atoms with van der Waals surface area (Å²) in [5.41, 5.74) is 2.87. The summed E-state index contributed by atoms with van der Waals surface area (Å²) in [4.78, 5) is 2.16. The predicted molar refractivity (Wildman–Crippen MR) is 112 cm³/mol. The van der Waals surface area contributed by atoms with Crippen molar-refractivity contribution < 1.29 is 9.50 Å². The maximum absolute atomic E-state index is 14.0. The van der Waals surface area contributed by atoms with E-state index in [1.807, 2.05) is 66.9 Å². The minimum atomic E-state index is -0.461. The fourth-order valence-corrected chi connectivity index (χ4v) is 3.42. The van der Waals surface area contributed by atoms with Crippen LogP contribution in [-0.4, -0.2) is 33.8 Å². The molecule has 4 heteroatoms. The number of benzene rings is 2. The zero-order valence-corrected chi connectivity index (χ0v) is 16.0. The van der Waals surface area contributed by atoms with Gasteiger partial charge in [-0.2, -0.15) is 0 Å². The Balaban J connectivity index is 1.65. The molecule has 0 saturated carbocycles. The van der Waals surface area contributed by atoms with E-state index in [0.29, 0.717) is 38.2 Å². The number of hydrogen-bond acceptors (Lipinski definition) is 2. The van der Waals surface area contributed by atoms with Crippen LogP contribution in [0.3, 0.4) is 0 Å². The fraction of sp³-hybridized carbons (Fsp3) is 0.250. The predicted octanol–water partition coefficient (Wildman–Crippen LogP) is 4.27. The largest absolute Gasteiger partial charge is 0.391 e. The maximum Gasteiger partial charge on any atom is 0.128 e. The molecule has 0 saturated heterocycles. The van der Waals surface area contributed by atoms with Gasteiger partial charge in [0.2, 0.25) is 0 Å². The molecule has 28 heavy (non-hydrogen) atoms. The zero-order chi connectivity index (χ0) is 19.8. The van der Waals surface area contributed by atoms with Crippen molar-refractivity contribution in [2.45, 2.75) is 25.6 Å². The lowest BCUT2D eigenvalue weighted by atomic mass is 10.1. The summed E-state index contributed by atoms with van der Waals surface area (Å²) in [6.45, 7) is 6.22. The molecular weight excluding hydrogens is 351 g/mol. The Morgan fingerprint density at radius 3 is 2.54 bits per heavy atom. The Bertz CT molecular complexity index is 875.